The number of hydrogen-bond donors (Lipinski definition) is 2. The third-order valence-electron chi connectivity index (χ3n) is 2.23. The fourth-order valence-electron chi connectivity index (χ4n) is 1.30. The van der Waals surface area contributed by atoms with Gasteiger partial charge in [0.05, 0.1) is 6.04 Å². The number of thiazole rings is 1. The highest BCUT2D eigenvalue weighted by atomic mass is 32.1. The molecule has 0 aromatic carbocycles. The average molecular weight is 242 g/mol. The standard InChI is InChI=1S/C11H18N2O2S/c1-3-9-7-12-11(16-9)8(2)13-10(15)5-4-6-14/h7-8,14H,3-6H2,1-2H3,(H,13,15). The van der Waals surface area contributed by atoms with Gasteiger partial charge < -0.3 is 10.4 Å². The lowest BCUT2D eigenvalue weighted by Crippen LogP contribution is -2.26. The highest BCUT2D eigenvalue weighted by Gasteiger charge is 2.12. The molecule has 0 saturated heterocycles. The van der Waals surface area contributed by atoms with Crippen molar-refractivity contribution in [3.63, 3.8) is 0 Å². The lowest BCUT2D eigenvalue weighted by molar-refractivity contribution is -0.122. The fraction of sp³-hybridized carbons (Fsp3) is 0.636. The Kier molecular flexibility index (Phi) is 5.42. The molecule has 1 unspecified atom stereocenters. The van der Waals surface area contributed by atoms with E-state index >= 15 is 0 Å². The summed E-state index contributed by atoms with van der Waals surface area (Å²) in [4.78, 5) is 16.9. The molecular formula is C11H18N2O2S. The Hall–Kier alpha value is -0.940. The normalized spacial score (nSPS) is 12.4. The van der Waals surface area contributed by atoms with Crippen LogP contribution in [0.5, 0.6) is 0 Å². The molecule has 0 aliphatic heterocycles. The number of hydrogen-bond acceptors (Lipinski definition) is 4. The van der Waals surface area contributed by atoms with Crippen LogP contribution in [0.1, 0.15) is 42.6 Å². The molecule has 1 rings (SSSR count). The van der Waals surface area contributed by atoms with Crippen molar-refractivity contribution in [3.05, 3.63) is 16.1 Å². The van der Waals surface area contributed by atoms with E-state index in [1.807, 2.05) is 13.1 Å². The average Bonchev–Trinajstić information content (AvgIpc) is 2.74. The maximum absolute atomic E-state index is 11.4. The Bertz CT molecular complexity index is 338. The number of rotatable bonds is 6. The summed E-state index contributed by atoms with van der Waals surface area (Å²) in [6.07, 6.45) is 3.71. The van der Waals surface area contributed by atoms with Crippen LogP contribution >= 0.6 is 11.3 Å². The second-order valence-electron chi connectivity index (χ2n) is 3.63. The summed E-state index contributed by atoms with van der Waals surface area (Å²) in [7, 11) is 0. The first-order valence-electron chi connectivity index (χ1n) is 5.52. The van der Waals surface area contributed by atoms with E-state index in [2.05, 4.69) is 17.2 Å². The Morgan fingerprint density at radius 1 is 1.69 bits per heavy atom. The van der Waals surface area contributed by atoms with Gasteiger partial charge in [0.25, 0.3) is 0 Å². The van der Waals surface area contributed by atoms with Gasteiger partial charge in [0.2, 0.25) is 5.91 Å². The zero-order valence-corrected chi connectivity index (χ0v) is 10.5. The summed E-state index contributed by atoms with van der Waals surface area (Å²) in [6.45, 7) is 4.07. The summed E-state index contributed by atoms with van der Waals surface area (Å²) in [5, 5.41) is 12.4. The first-order valence-corrected chi connectivity index (χ1v) is 6.33. The zero-order chi connectivity index (χ0) is 12.0. The third-order valence-corrected chi connectivity index (χ3v) is 3.55. The van der Waals surface area contributed by atoms with E-state index in [0.29, 0.717) is 12.8 Å². The van der Waals surface area contributed by atoms with E-state index in [1.165, 1.54) is 4.88 Å². The summed E-state index contributed by atoms with van der Waals surface area (Å²) in [5.74, 6) is -0.0326. The van der Waals surface area contributed by atoms with Gasteiger partial charge in [-0.15, -0.1) is 11.3 Å². The molecule has 16 heavy (non-hydrogen) atoms. The third kappa shape index (κ3) is 3.90. The molecule has 1 amide bonds. The molecular weight excluding hydrogens is 224 g/mol. The maximum atomic E-state index is 11.4. The lowest BCUT2D eigenvalue weighted by Gasteiger charge is -2.10. The van der Waals surface area contributed by atoms with E-state index in [-0.39, 0.29) is 18.6 Å². The number of amides is 1. The summed E-state index contributed by atoms with van der Waals surface area (Å²) < 4.78 is 0. The summed E-state index contributed by atoms with van der Waals surface area (Å²) in [6, 6.07) is -0.0449. The number of aliphatic hydroxyl groups excluding tert-OH is 1. The molecule has 1 aromatic heterocycles. The molecule has 0 aliphatic carbocycles. The quantitative estimate of drug-likeness (QED) is 0.797. The van der Waals surface area contributed by atoms with Crippen LogP contribution in [0.4, 0.5) is 0 Å². The molecule has 90 valence electrons. The van der Waals surface area contributed by atoms with Gasteiger partial charge in [-0.25, -0.2) is 4.98 Å². The number of carbonyl (C=O) groups is 1. The molecule has 0 aliphatic rings. The van der Waals surface area contributed by atoms with Crippen LogP contribution in [0, 0.1) is 0 Å². The number of aliphatic hydroxyl groups is 1. The zero-order valence-electron chi connectivity index (χ0n) is 9.69. The van der Waals surface area contributed by atoms with Crippen molar-refractivity contribution in [1.82, 2.24) is 10.3 Å². The number of aromatic nitrogens is 1. The minimum atomic E-state index is -0.0449. The smallest absolute Gasteiger partial charge is 0.220 e. The molecule has 1 heterocycles. The molecule has 1 atom stereocenters. The van der Waals surface area contributed by atoms with Crippen LogP contribution in [0.25, 0.3) is 0 Å². The minimum Gasteiger partial charge on any atom is -0.396 e. The van der Waals surface area contributed by atoms with E-state index in [1.54, 1.807) is 11.3 Å². The van der Waals surface area contributed by atoms with Crippen LogP contribution in [0.15, 0.2) is 6.20 Å². The van der Waals surface area contributed by atoms with E-state index < -0.39 is 0 Å². The van der Waals surface area contributed by atoms with Crippen molar-refractivity contribution >= 4 is 17.2 Å². The lowest BCUT2D eigenvalue weighted by atomic mass is 10.3. The number of nitrogens with zero attached hydrogens (tertiary/aromatic N) is 1. The highest BCUT2D eigenvalue weighted by molar-refractivity contribution is 7.11. The van der Waals surface area contributed by atoms with Crippen LogP contribution in [0.2, 0.25) is 0 Å². The Morgan fingerprint density at radius 2 is 2.44 bits per heavy atom. The Labute approximate surface area is 99.7 Å². The predicted octanol–water partition coefficient (Wildman–Crippen LogP) is 1.66. The Morgan fingerprint density at radius 3 is 3.00 bits per heavy atom. The summed E-state index contributed by atoms with van der Waals surface area (Å²) in [5.41, 5.74) is 0. The van der Waals surface area contributed by atoms with Crippen LogP contribution in [-0.2, 0) is 11.2 Å². The molecule has 0 fully saturated rings. The largest absolute Gasteiger partial charge is 0.396 e. The number of carbonyl (C=O) groups excluding carboxylic acids is 1. The van der Waals surface area contributed by atoms with Crippen molar-refractivity contribution in [2.45, 2.75) is 39.2 Å². The van der Waals surface area contributed by atoms with Gasteiger partial charge in [0.15, 0.2) is 0 Å². The molecule has 2 N–H and O–H groups in total. The van der Waals surface area contributed by atoms with Gasteiger partial charge >= 0.3 is 0 Å². The van der Waals surface area contributed by atoms with Gasteiger partial charge in [-0.1, -0.05) is 6.92 Å². The van der Waals surface area contributed by atoms with Crippen molar-refractivity contribution < 1.29 is 9.90 Å². The monoisotopic (exact) mass is 242 g/mol. The van der Waals surface area contributed by atoms with Crippen molar-refractivity contribution in [1.29, 1.82) is 0 Å². The van der Waals surface area contributed by atoms with Gasteiger partial charge in [-0.2, -0.15) is 0 Å². The van der Waals surface area contributed by atoms with Gasteiger partial charge in [0, 0.05) is 24.1 Å². The van der Waals surface area contributed by atoms with Gasteiger partial charge in [-0.05, 0) is 19.8 Å². The van der Waals surface area contributed by atoms with E-state index in [0.717, 1.165) is 11.4 Å². The molecule has 0 spiro atoms. The van der Waals surface area contributed by atoms with Crippen LogP contribution < -0.4 is 5.32 Å². The highest BCUT2D eigenvalue weighted by Crippen LogP contribution is 2.20. The molecule has 0 bridgehead atoms. The van der Waals surface area contributed by atoms with Crippen molar-refractivity contribution in [2.24, 2.45) is 0 Å². The number of aryl methyl sites for hydroxylation is 1. The predicted molar refractivity (Wildman–Crippen MR) is 64.4 cm³/mol. The van der Waals surface area contributed by atoms with Gasteiger partial charge in [0.1, 0.15) is 5.01 Å². The first kappa shape index (κ1) is 13.1. The first-order chi connectivity index (χ1) is 7.67. The molecule has 4 nitrogen and oxygen atoms in total. The van der Waals surface area contributed by atoms with E-state index in [4.69, 9.17) is 5.11 Å². The van der Waals surface area contributed by atoms with Crippen LogP contribution in [-0.4, -0.2) is 22.6 Å². The number of nitrogens with one attached hydrogen (secondary N) is 1. The Balaban J connectivity index is 2.45. The molecule has 1 aromatic rings. The maximum Gasteiger partial charge on any atom is 0.220 e. The van der Waals surface area contributed by atoms with Crippen molar-refractivity contribution in [2.75, 3.05) is 6.61 Å². The fourth-order valence-corrected chi connectivity index (χ4v) is 2.16. The molecule has 5 heteroatoms. The minimum absolute atomic E-state index is 0.0326. The second kappa shape index (κ2) is 6.60. The van der Waals surface area contributed by atoms with E-state index in [9.17, 15) is 4.79 Å². The molecule has 0 saturated carbocycles. The van der Waals surface area contributed by atoms with Crippen LogP contribution in [0.3, 0.4) is 0 Å². The summed E-state index contributed by atoms with van der Waals surface area (Å²) >= 11 is 1.63. The van der Waals surface area contributed by atoms with Crippen molar-refractivity contribution in [3.8, 4) is 0 Å². The topological polar surface area (TPSA) is 62.2 Å². The molecule has 0 radical (unpaired) electrons. The SMILES string of the molecule is CCc1cnc(C(C)NC(=O)CCCO)s1. The second-order valence-corrected chi connectivity index (χ2v) is 4.78. The van der Waals surface area contributed by atoms with Gasteiger partial charge in [-0.3, -0.25) is 4.79 Å².